The molecule has 0 heterocycles. The molecular weight excluding hydrogens is 284 g/mol. The highest BCUT2D eigenvalue weighted by Gasteiger charge is 1.99. The van der Waals surface area contributed by atoms with Crippen molar-refractivity contribution in [2.45, 2.75) is 20.4 Å². The van der Waals surface area contributed by atoms with Crippen molar-refractivity contribution in [1.29, 1.82) is 0 Å². The lowest BCUT2D eigenvalue weighted by atomic mass is 10.2. The van der Waals surface area contributed by atoms with Crippen molar-refractivity contribution >= 4 is 29.3 Å². The zero-order chi connectivity index (χ0) is 15.5. The Balaban J connectivity index is 2.63. The summed E-state index contributed by atoms with van der Waals surface area (Å²) in [7, 11) is 0. The van der Waals surface area contributed by atoms with Crippen LogP contribution in [0.1, 0.15) is 19.4 Å². The van der Waals surface area contributed by atoms with Crippen LogP contribution in [-0.2, 0) is 11.3 Å². The van der Waals surface area contributed by atoms with Crippen molar-refractivity contribution < 1.29 is 4.79 Å². The Morgan fingerprint density at radius 1 is 1.33 bits per heavy atom. The number of guanidine groups is 1. The van der Waals surface area contributed by atoms with E-state index in [1.54, 1.807) is 11.8 Å². The molecule has 21 heavy (non-hydrogen) atoms. The Morgan fingerprint density at radius 2 is 2.14 bits per heavy atom. The summed E-state index contributed by atoms with van der Waals surface area (Å²) in [6.45, 7) is 5.84. The number of thioether (sulfide) groups is 1. The maximum atomic E-state index is 11.1. The third-order valence-electron chi connectivity index (χ3n) is 2.61. The molecule has 0 saturated carbocycles. The number of nitrogens with zero attached hydrogens (tertiary/aromatic N) is 1. The average Bonchev–Trinajstić information content (AvgIpc) is 2.44. The monoisotopic (exact) mass is 308 g/mol. The standard InChI is InChI=1S/C15H24N4OS/c1-4-16-15(17-8-9-21-3)18-11-13-6-5-7-14(10-13)19-12(2)20/h5-7,10H,4,8-9,11H2,1-3H3,(H,19,20)(H2,16,17,18). The highest BCUT2D eigenvalue weighted by molar-refractivity contribution is 7.98. The Bertz CT molecular complexity index is 476. The second kappa shape index (κ2) is 10.1. The minimum Gasteiger partial charge on any atom is -0.357 e. The molecule has 0 aliphatic heterocycles. The molecule has 1 aromatic carbocycles. The predicted octanol–water partition coefficient (Wildman–Crippen LogP) is 2.06. The van der Waals surface area contributed by atoms with Gasteiger partial charge in [-0.05, 0) is 30.9 Å². The molecule has 0 saturated heterocycles. The lowest BCUT2D eigenvalue weighted by Crippen LogP contribution is -2.38. The van der Waals surface area contributed by atoms with E-state index >= 15 is 0 Å². The molecule has 0 fully saturated rings. The molecule has 0 unspecified atom stereocenters. The Morgan fingerprint density at radius 3 is 2.81 bits per heavy atom. The molecule has 1 amide bonds. The van der Waals surface area contributed by atoms with E-state index in [9.17, 15) is 4.79 Å². The van der Waals surface area contributed by atoms with Crippen LogP contribution in [0.3, 0.4) is 0 Å². The van der Waals surface area contributed by atoms with E-state index in [4.69, 9.17) is 0 Å². The first-order chi connectivity index (χ1) is 10.2. The Hall–Kier alpha value is -1.69. The number of rotatable bonds is 7. The van der Waals surface area contributed by atoms with Crippen molar-refractivity contribution in [3.63, 3.8) is 0 Å². The maximum absolute atomic E-state index is 11.1. The van der Waals surface area contributed by atoms with E-state index in [1.165, 1.54) is 6.92 Å². The van der Waals surface area contributed by atoms with Crippen molar-refractivity contribution in [2.24, 2.45) is 4.99 Å². The number of nitrogens with one attached hydrogen (secondary N) is 3. The molecule has 5 nitrogen and oxygen atoms in total. The predicted molar refractivity (Wildman–Crippen MR) is 91.9 cm³/mol. The van der Waals surface area contributed by atoms with Crippen LogP contribution in [0.4, 0.5) is 5.69 Å². The summed E-state index contributed by atoms with van der Waals surface area (Å²) in [6, 6.07) is 7.73. The minimum atomic E-state index is -0.0669. The molecule has 0 aromatic heterocycles. The number of amides is 1. The average molecular weight is 308 g/mol. The summed E-state index contributed by atoms with van der Waals surface area (Å²) < 4.78 is 0. The number of carbonyl (C=O) groups excluding carboxylic acids is 1. The van der Waals surface area contributed by atoms with Gasteiger partial charge in [0.15, 0.2) is 5.96 Å². The molecule has 0 radical (unpaired) electrons. The fourth-order valence-corrected chi connectivity index (χ4v) is 2.04. The van der Waals surface area contributed by atoms with Gasteiger partial charge in [-0.15, -0.1) is 0 Å². The van der Waals surface area contributed by atoms with Gasteiger partial charge in [0.1, 0.15) is 0 Å². The molecule has 0 atom stereocenters. The van der Waals surface area contributed by atoms with Gasteiger partial charge < -0.3 is 16.0 Å². The van der Waals surface area contributed by atoms with E-state index in [-0.39, 0.29) is 5.91 Å². The molecule has 3 N–H and O–H groups in total. The van der Waals surface area contributed by atoms with E-state index in [0.717, 1.165) is 36.1 Å². The SMILES string of the molecule is CCNC(=NCc1cccc(NC(C)=O)c1)NCCSC. The number of anilines is 1. The number of hydrogen-bond donors (Lipinski definition) is 3. The summed E-state index contributed by atoms with van der Waals surface area (Å²) in [4.78, 5) is 15.6. The molecule has 116 valence electrons. The van der Waals surface area contributed by atoms with Crippen LogP contribution in [0, 0.1) is 0 Å². The van der Waals surface area contributed by atoms with Crippen LogP contribution in [0.15, 0.2) is 29.3 Å². The summed E-state index contributed by atoms with van der Waals surface area (Å²) >= 11 is 1.80. The zero-order valence-corrected chi connectivity index (χ0v) is 13.7. The number of carbonyl (C=O) groups is 1. The van der Waals surface area contributed by atoms with Crippen LogP contribution in [0.5, 0.6) is 0 Å². The Labute approximate surface area is 131 Å². The molecule has 0 spiro atoms. The van der Waals surface area contributed by atoms with E-state index in [0.29, 0.717) is 6.54 Å². The molecule has 0 bridgehead atoms. The highest BCUT2D eigenvalue weighted by atomic mass is 32.2. The lowest BCUT2D eigenvalue weighted by molar-refractivity contribution is -0.114. The second-order valence-corrected chi connectivity index (χ2v) is 5.48. The van der Waals surface area contributed by atoms with Gasteiger partial charge in [0, 0.05) is 31.5 Å². The second-order valence-electron chi connectivity index (χ2n) is 4.50. The van der Waals surface area contributed by atoms with E-state index in [2.05, 4.69) is 27.2 Å². The first kappa shape index (κ1) is 17.4. The first-order valence-corrected chi connectivity index (χ1v) is 8.42. The molecule has 1 rings (SSSR count). The largest absolute Gasteiger partial charge is 0.357 e. The maximum Gasteiger partial charge on any atom is 0.221 e. The van der Waals surface area contributed by atoms with Crippen LogP contribution in [0.2, 0.25) is 0 Å². The highest BCUT2D eigenvalue weighted by Crippen LogP contribution is 2.11. The van der Waals surface area contributed by atoms with E-state index < -0.39 is 0 Å². The van der Waals surface area contributed by atoms with Crippen molar-refractivity contribution in [1.82, 2.24) is 10.6 Å². The molecule has 0 aliphatic rings. The van der Waals surface area contributed by atoms with Crippen molar-refractivity contribution in [3.05, 3.63) is 29.8 Å². The summed E-state index contributed by atoms with van der Waals surface area (Å²) in [6.07, 6.45) is 2.08. The van der Waals surface area contributed by atoms with Crippen molar-refractivity contribution in [3.8, 4) is 0 Å². The topological polar surface area (TPSA) is 65.5 Å². The van der Waals surface area contributed by atoms with Gasteiger partial charge in [-0.3, -0.25) is 4.79 Å². The van der Waals surface area contributed by atoms with Gasteiger partial charge in [0.05, 0.1) is 6.54 Å². The summed E-state index contributed by atoms with van der Waals surface area (Å²) in [5, 5.41) is 9.28. The van der Waals surface area contributed by atoms with Crippen molar-refractivity contribution in [2.75, 3.05) is 30.4 Å². The minimum absolute atomic E-state index is 0.0669. The zero-order valence-electron chi connectivity index (χ0n) is 12.9. The fraction of sp³-hybridized carbons (Fsp3) is 0.467. The lowest BCUT2D eigenvalue weighted by Gasteiger charge is -2.11. The number of benzene rings is 1. The molecular formula is C15H24N4OS. The quantitative estimate of drug-likeness (QED) is 0.410. The number of hydrogen-bond acceptors (Lipinski definition) is 3. The smallest absolute Gasteiger partial charge is 0.221 e. The third-order valence-corrected chi connectivity index (χ3v) is 3.22. The summed E-state index contributed by atoms with van der Waals surface area (Å²) in [5.74, 6) is 1.79. The van der Waals surface area contributed by atoms with E-state index in [1.807, 2.05) is 31.2 Å². The van der Waals surface area contributed by atoms with Gasteiger partial charge in [0.2, 0.25) is 5.91 Å². The van der Waals surface area contributed by atoms with Gasteiger partial charge in [-0.25, -0.2) is 4.99 Å². The van der Waals surface area contributed by atoms with Gasteiger partial charge >= 0.3 is 0 Å². The van der Waals surface area contributed by atoms with Gasteiger partial charge in [-0.2, -0.15) is 11.8 Å². The third kappa shape index (κ3) is 7.60. The molecule has 0 aliphatic carbocycles. The van der Waals surface area contributed by atoms with Crippen LogP contribution in [0.25, 0.3) is 0 Å². The fourth-order valence-electron chi connectivity index (χ4n) is 1.73. The van der Waals surface area contributed by atoms with Gasteiger partial charge in [0.25, 0.3) is 0 Å². The molecule has 1 aromatic rings. The van der Waals surface area contributed by atoms with Crippen LogP contribution < -0.4 is 16.0 Å². The Kier molecular flexibility index (Phi) is 8.35. The summed E-state index contributed by atoms with van der Waals surface area (Å²) in [5.41, 5.74) is 1.86. The van der Waals surface area contributed by atoms with Gasteiger partial charge in [-0.1, -0.05) is 12.1 Å². The number of aliphatic imine (C=N–C) groups is 1. The molecule has 6 heteroatoms. The van der Waals surface area contributed by atoms with Crippen LogP contribution in [-0.4, -0.2) is 37.0 Å². The first-order valence-electron chi connectivity index (χ1n) is 7.03. The normalized spacial score (nSPS) is 11.1. The van der Waals surface area contributed by atoms with Crippen LogP contribution >= 0.6 is 11.8 Å².